The van der Waals surface area contributed by atoms with Gasteiger partial charge in [-0.15, -0.1) is 0 Å². The van der Waals surface area contributed by atoms with E-state index in [9.17, 15) is 4.79 Å². The minimum absolute atomic E-state index is 0.0293. The summed E-state index contributed by atoms with van der Waals surface area (Å²) in [7, 11) is 0. The molecule has 0 saturated carbocycles. The quantitative estimate of drug-likeness (QED) is 0.753. The first-order valence-electron chi connectivity index (χ1n) is 6.68. The zero-order valence-corrected chi connectivity index (χ0v) is 11.2. The Kier molecular flexibility index (Phi) is 2.67. The molecule has 2 heterocycles. The van der Waals surface area contributed by atoms with Gasteiger partial charge in [0, 0.05) is 11.6 Å². The van der Waals surface area contributed by atoms with Gasteiger partial charge in [0.15, 0.2) is 17.3 Å². The van der Waals surface area contributed by atoms with Crippen LogP contribution in [0.25, 0.3) is 6.08 Å². The van der Waals surface area contributed by atoms with Crippen molar-refractivity contribution in [1.82, 2.24) is 0 Å². The molecule has 0 amide bonds. The number of hydrogen-bond donors (Lipinski definition) is 0. The van der Waals surface area contributed by atoms with Crippen LogP contribution >= 0.6 is 0 Å². The van der Waals surface area contributed by atoms with E-state index < -0.39 is 0 Å². The molecule has 0 fully saturated rings. The minimum Gasteiger partial charge on any atom is -0.488 e. The topological polar surface area (TPSA) is 44.8 Å². The Morgan fingerprint density at radius 2 is 1.67 bits per heavy atom. The fourth-order valence-corrected chi connectivity index (χ4v) is 2.47. The van der Waals surface area contributed by atoms with E-state index >= 15 is 0 Å². The highest BCUT2D eigenvalue weighted by Gasteiger charge is 2.27. The van der Waals surface area contributed by atoms with Crippen LogP contribution in [-0.2, 0) is 0 Å². The molecule has 4 nitrogen and oxygen atoms in total. The van der Waals surface area contributed by atoms with Crippen molar-refractivity contribution in [3.05, 3.63) is 59.2 Å². The number of fused-ring (bicyclic) bond motifs is 2. The van der Waals surface area contributed by atoms with Gasteiger partial charge in [0.25, 0.3) is 0 Å². The molecule has 4 rings (SSSR count). The monoisotopic (exact) mass is 280 g/mol. The van der Waals surface area contributed by atoms with E-state index in [2.05, 4.69) is 0 Å². The average molecular weight is 280 g/mol. The first-order valence-corrected chi connectivity index (χ1v) is 6.68. The largest absolute Gasteiger partial charge is 0.488 e. The summed E-state index contributed by atoms with van der Waals surface area (Å²) in [6.07, 6.45) is 1.86. The summed E-state index contributed by atoms with van der Waals surface area (Å²) in [5.74, 6) is 1.73. The van der Waals surface area contributed by atoms with E-state index in [1.54, 1.807) is 12.1 Å². The summed E-state index contributed by atoms with van der Waals surface area (Å²) in [5.41, 5.74) is 2.13. The standard InChI is InChI=1S/C17H12O4/c18-17-12(6-11-4-2-1-3-5-11)9-19-14-8-16-15(7-13(14)17)20-10-21-16/h1-8H,9-10H2/b12-6+. The van der Waals surface area contributed by atoms with Gasteiger partial charge in [-0.1, -0.05) is 30.3 Å². The number of carbonyl (C=O) groups excluding carboxylic acids is 1. The molecule has 21 heavy (non-hydrogen) atoms. The zero-order chi connectivity index (χ0) is 14.2. The highest BCUT2D eigenvalue weighted by molar-refractivity contribution is 6.14. The van der Waals surface area contributed by atoms with Gasteiger partial charge in [-0.05, 0) is 17.7 Å². The zero-order valence-electron chi connectivity index (χ0n) is 11.2. The van der Waals surface area contributed by atoms with E-state index in [-0.39, 0.29) is 19.2 Å². The van der Waals surface area contributed by atoms with Crippen molar-refractivity contribution in [3.8, 4) is 17.2 Å². The van der Waals surface area contributed by atoms with Crippen LogP contribution < -0.4 is 14.2 Å². The maximum Gasteiger partial charge on any atom is 0.231 e. The fourth-order valence-electron chi connectivity index (χ4n) is 2.47. The Morgan fingerprint density at radius 1 is 0.905 bits per heavy atom. The number of hydrogen-bond acceptors (Lipinski definition) is 4. The van der Waals surface area contributed by atoms with Gasteiger partial charge in [0.2, 0.25) is 6.79 Å². The number of benzene rings is 2. The molecule has 0 saturated heterocycles. The predicted octanol–water partition coefficient (Wildman–Crippen LogP) is 3.07. The number of rotatable bonds is 1. The Morgan fingerprint density at radius 3 is 2.48 bits per heavy atom. The van der Waals surface area contributed by atoms with Gasteiger partial charge in [0.1, 0.15) is 12.4 Å². The number of Topliss-reactive ketones (excluding diaryl/α,β-unsaturated/α-hetero) is 1. The molecule has 0 bridgehead atoms. The van der Waals surface area contributed by atoms with E-state index in [1.807, 2.05) is 36.4 Å². The molecule has 0 spiro atoms. The van der Waals surface area contributed by atoms with Gasteiger partial charge >= 0.3 is 0 Å². The molecule has 0 radical (unpaired) electrons. The highest BCUT2D eigenvalue weighted by Crippen LogP contribution is 2.40. The van der Waals surface area contributed by atoms with Crippen LogP contribution in [0.3, 0.4) is 0 Å². The lowest BCUT2D eigenvalue weighted by Gasteiger charge is -2.19. The molecular weight excluding hydrogens is 268 g/mol. The van der Waals surface area contributed by atoms with Crippen molar-refractivity contribution < 1.29 is 19.0 Å². The lowest BCUT2D eigenvalue weighted by Crippen LogP contribution is -2.19. The molecule has 0 N–H and O–H groups in total. The number of carbonyl (C=O) groups is 1. The van der Waals surface area contributed by atoms with Crippen molar-refractivity contribution in [3.63, 3.8) is 0 Å². The van der Waals surface area contributed by atoms with Gasteiger partial charge in [0.05, 0.1) is 5.56 Å². The van der Waals surface area contributed by atoms with E-state index in [0.717, 1.165) is 5.56 Å². The van der Waals surface area contributed by atoms with E-state index in [1.165, 1.54) is 0 Å². The third-order valence-electron chi connectivity index (χ3n) is 3.53. The first kappa shape index (κ1) is 12.0. The summed E-state index contributed by atoms with van der Waals surface area (Å²) in [6.45, 7) is 0.444. The van der Waals surface area contributed by atoms with Crippen LogP contribution in [0.4, 0.5) is 0 Å². The second-order valence-electron chi connectivity index (χ2n) is 4.90. The second-order valence-corrected chi connectivity index (χ2v) is 4.90. The smallest absolute Gasteiger partial charge is 0.231 e. The molecule has 0 unspecified atom stereocenters. The highest BCUT2D eigenvalue weighted by atomic mass is 16.7. The van der Waals surface area contributed by atoms with Crippen molar-refractivity contribution >= 4 is 11.9 Å². The lowest BCUT2D eigenvalue weighted by molar-refractivity contribution is 0.100. The maximum atomic E-state index is 12.6. The summed E-state index contributed by atoms with van der Waals surface area (Å²) in [4.78, 5) is 12.6. The molecule has 2 aliphatic rings. The van der Waals surface area contributed by atoms with Gasteiger partial charge in [-0.2, -0.15) is 0 Å². The van der Waals surface area contributed by atoms with Gasteiger partial charge in [-0.3, -0.25) is 4.79 Å². The molecule has 4 heteroatoms. The first-order chi connectivity index (χ1) is 10.3. The summed E-state index contributed by atoms with van der Waals surface area (Å²) >= 11 is 0. The Hall–Kier alpha value is -2.75. The van der Waals surface area contributed by atoms with Crippen LogP contribution in [0.1, 0.15) is 15.9 Å². The summed E-state index contributed by atoms with van der Waals surface area (Å²) in [6, 6.07) is 13.1. The summed E-state index contributed by atoms with van der Waals surface area (Å²) < 4.78 is 16.3. The Bertz CT molecular complexity index is 747. The molecular formula is C17H12O4. The van der Waals surface area contributed by atoms with Crippen molar-refractivity contribution in [2.75, 3.05) is 13.4 Å². The van der Waals surface area contributed by atoms with Crippen LogP contribution in [0.15, 0.2) is 48.0 Å². The van der Waals surface area contributed by atoms with Crippen LogP contribution in [-0.4, -0.2) is 19.2 Å². The van der Waals surface area contributed by atoms with Crippen LogP contribution in [0.2, 0.25) is 0 Å². The molecule has 0 aliphatic carbocycles. The lowest BCUT2D eigenvalue weighted by atomic mass is 9.98. The van der Waals surface area contributed by atoms with Crippen LogP contribution in [0.5, 0.6) is 17.2 Å². The van der Waals surface area contributed by atoms with Gasteiger partial charge < -0.3 is 14.2 Å². The molecule has 104 valence electrons. The second kappa shape index (κ2) is 4.66. The van der Waals surface area contributed by atoms with Crippen molar-refractivity contribution in [2.45, 2.75) is 0 Å². The third-order valence-corrected chi connectivity index (χ3v) is 3.53. The van der Waals surface area contributed by atoms with E-state index in [0.29, 0.717) is 28.4 Å². The van der Waals surface area contributed by atoms with Crippen LogP contribution in [0, 0.1) is 0 Å². The molecule has 0 aromatic heterocycles. The summed E-state index contributed by atoms with van der Waals surface area (Å²) in [5, 5.41) is 0. The Balaban J connectivity index is 1.74. The molecule has 2 aromatic rings. The van der Waals surface area contributed by atoms with Gasteiger partial charge in [-0.25, -0.2) is 0 Å². The van der Waals surface area contributed by atoms with E-state index in [4.69, 9.17) is 14.2 Å². The Labute approximate surface area is 121 Å². The number of ether oxygens (including phenoxy) is 3. The maximum absolute atomic E-state index is 12.6. The number of ketones is 1. The van der Waals surface area contributed by atoms with Crippen molar-refractivity contribution in [1.29, 1.82) is 0 Å². The SMILES string of the molecule is O=C1/C(=C/c2ccccc2)COc2cc3c(cc21)OCO3. The molecule has 2 aliphatic heterocycles. The predicted molar refractivity (Wildman–Crippen MR) is 76.8 cm³/mol. The van der Waals surface area contributed by atoms with Crippen molar-refractivity contribution in [2.24, 2.45) is 0 Å². The minimum atomic E-state index is -0.0293. The normalized spacial score (nSPS) is 17.5. The average Bonchev–Trinajstić information content (AvgIpc) is 2.97. The molecule has 0 atom stereocenters. The fraction of sp³-hybridized carbons (Fsp3) is 0.118. The third kappa shape index (κ3) is 2.05. The molecule has 2 aromatic carbocycles.